The lowest BCUT2D eigenvalue weighted by Crippen LogP contribution is -2.74. The van der Waals surface area contributed by atoms with Gasteiger partial charge in [-0.25, -0.2) is 0 Å². The maximum absolute atomic E-state index is 14.0. The number of hydrogen-bond donors (Lipinski definition) is 3. The van der Waals surface area contributed by atoms with Crippen LogP contribution in [-0.2, 0) is 32.1 Å². The molecule has 11 nitrogen and oxygen atoms in total. The third-order valence-corrected chi connectivity index (χ3v) is 9.09. The van der Waals surface area contributed by atoms with Gasteiger partial charge in [-0.2, -0.15) is 0 Å². The number of nitrogens with zero attached hydrogens (tertiary/aromatic N) is 3. The Morgan fingerprint density at radius 3 is 2.27 bits per heavy atom. The van der Waals surface area contributed by atoms with Crippen LogP contribution in [0.4, 0.5) is 5.69 Å². The van der Waals surface area contributed by atoms with Gasteiger partial charge in [0.05, 0.1) is 17.5 Å². The van der Waals surface area contributed by atoms with Crippen LogP contribution in [0.25, 0.3) is 0 Å². The minimum Gasteiger partial charge on any atom is -0.507 e. The molecule has 0 heterocycles. The van der Waals surface area contributed by atoms with E-state index in [1.807, 2.05) is 26.0 Å². The van der Waals surface area contributed by atoms with Gasteiger partial charge < -0.3 is 25.7 Å². The van der Waals surface area contributed by atoms with Gasteiger partial charge in [0.25, 0.3) is 0 Å². The maximum Gasteiger partial charge on any atom is 0.235 e. The number of aromatic hydroxyl groups is 1. The van der Waals surface area contributed by atoms with Crippen molar-refractivity contribution in [2.24, 2.45) is 35.3 Å². The number of anilines is 1. The number of amides is 1. The number of rotatable bonds is 8. The van der Waals surface area contributed by atoms with Crippen LogP contribution < -0.4 is 10.6 Å². The molecule has 2 saturated carbocycles. The summed E-state index contributed by atoms with van der Waals surface area (Å²) in [5.41, 5.74) is 4.88. The molecular formula is C30H42N4O7. The number of likely N-dealkylation sites (N-methyl/N-ethyl adjacent to an activating group) is 1. The summed E-state index contributed by atoms with van der Waals surface area (Å²) >= 11 is 0. The largest absolute Gasteiger partial charge is 0.507 e. The van der Waals surface area contributed by atoms with Crippen LogP contribution in [0.15, 0.2) is 6.07 Å². The number of phenolic OH excluding ortho intramolecular Hbond substituents is 1. The number of nitrogens with two attached hydrogens (primary N) is 1. The van der Waals surface area contributed by atoms with Gasteiger partial charge in [0.2, 0.25) is 5.91 Å². The normalized spacial score (nSPS) is 29.6. The van der Waals surface area contributed by atoms with Gasteiger partial charge in [-0.15, -0.1) is 0 Å². The number of ketones is 4. The van der Waals surface area contributed by atoms with E-state index in [0.717, 1.165) is 24.2 Å². The molecule has 3 aliphatic carbocycles. The number of hydrogen-bond acceptors (Lipinski definition) is 10. The van der Waals surface area contributed by atoms with Crippen molar-refractivity contribution < 1.29 is 34.2 Å². The Labute approximate surface area is 240 Å². The van der Waals surface area contributed by atoms with E-state index in [1.165, 1.54) is 4.90 Å². The van der Waals surface area contributed by atoms with Crippen molar-refractivity contribution in [3.8, 4) is 5.75 Å². The summed E-state index contributed by atoms with van der Waals surface area (Å²) < 4.78 is 0. The van der Waals surface area contributed by atoms with Crippen LogP contribution in [0, 0.1) is 29.6 Å². The Bertz CT molecular complexity index is 1310. The standard InChI is InChI=1S/C30H42N4O7/c1-14(2)8-9-34(7)13-16-12-19(35)21-17(23(16)32(3)4)10-15-11-18-24(33(5)6)26(37)22(29(31)40)28(39)30(18,41)27(38)20(15)25(21)36/h12,14-15,18,20,22,24,35,41H,8-11,13H2,1-7H3,(H2,31,40)/t15-,18-,20?,22?,24-,30-/m0/s1. The molecule has 1 aromatic rings. The predicted molar refractivity (Wildman–Crippen MR) is 151 cm³/mol. The molecule has 0 aliphatic heterocycles. The number of benzene rings is 1. The van der Waals surface area contributed by atoms with E-state index in [-0.39, 0.29) is 24.2 Å². The van der Waals surface area contributed by atoms with Gasteiger partial charge in [0.15, 0.2) is 34.7 Å². The Hall–Kier alpha value is -3.15. The van der Waals surface area contributed by atoms with Crippen LogP contribution in [0.1, 0.15) is 48.2 Å². The molecule has 0 saturated heterocycles. The number of carbonyl (C=O) groups excluding carboxylic acids is 5. The van der Waals surface area contributed by atoms with Crippen LogP contribution in [0.2, 0.25) is 0 Å². The zero-order valence-electron chi connectivity index (χ0n) is 24.9. The first-order valence-electron chi connectivity index (χ1n) is 14.1. The summed E-state index contributed by atoms with van der Waals surface area (Å²) in [5, 5.41) is 22.8. The summed E-state index contributed by atoms with van der Waals surface area (Å²) in [5.74, 6) is -9.86. The Kier molecular flexibility index (Phi) is 8.20. The first kappa shape index (κ1) is 30.8. The van der Waals surface area contributed by atoms with Gasteiger partial charge in [0.1, 0.15) is 5.75 Å². The molecule has 4 N–H and O–H groups in total. The molecule has 41 heavy (non-hydrogen) atoms. The zero-order chi connectivity index (χ0) is 30.7. The molecule has 11 heteroatoms. The first-order chi connectivity index (χ1) is 19.0. The minimum absolute atomic E-state index is 0.00822. The molecule has 0 spiro atoms. The number of aliphatic hydroxyl groups is 1. The molecule has 0 radical (unpaired) electrons. The maximum atomic E-state index is 14.0. The Morgan fingerprint density at radius 2 is 1.73 bits per heavy atom. The summed E-state index contributed by atoms with van der Waals surface area (Å²) in [7, 11) is 8.85. The lowest BCUT2D eigenvalue weighted by molar-refractivity contribution is -0.181. The van der Waals surface area contributed by atoms with Gasteiger partial charge in [-0.1, -0.05) is 13.8 Å². The van der Waals surface area contributed by atoms with Crippen LogP contribution in [-0.4, -0.2) is 102 Å². The topological polar surface area (TPSA) is 162 Å². The summed E-state index contributed by atoms with van der Waals surface area (Å²) in [6.07, 6.45) is 1.26. The first-order valence-corrected chi connectivity index (χ1v) is 14.1. The fourth-order valence-corrected chi connectivity index (χ4v) is 7.25. The summed E-state index contributed by atoms with van der Waals surface area (Å²) in [6.45, 7) is 5.69. The number of primary amides is 1. The highest BCUT2D eigenvalue weighted by atomic mass is 16.3. The fourth-order valence-electron chi connectivity index (χ4n) is 7.25. The van der Waals surface area contributed by atoms with Gasteiger partial charge in [-0.05, 0) is 76.0 Å². The van der Waals surface area contributed by atoms with Crippen molar-refractivity contribution in [2.75, 3.05) is 46.7 Å². The Morgan fingerprint density at radius 1 is 1.10 bits per heavy atom. The van der Waals surface area contributed by atoms with E-state index in [4.69, 9.17) is 5.73 Å². The molecule has 0 aromatic heterocycles. The minimum atomic E-state index is -2.73. The van der Waals surface area contributed by atoms with Crippen molar-refractivity contribution in [3.05, 3.63) is 22.8 Å². The van der Waals surface area contributed by atoms with E-state index in [1.54, 1.807) is 20.2 Å². The molecule has 1 amide bonds. The van der Waals surface area contributed by atoms with E-state index in [9.17, 15) is 34.2 Å². The fraction of sp³-hybridized carbons (Fsp3) is 0.633. The van der Waals surface area contributed by atoms with E-state index < -0.39 is 64.4 Å². The quantitative estimate of drug-likeness (QED) is 0.373. The zero-order valence-corrected chi connectivity index (χ0v) is 24.9. The van der Waals surface area contributed by atoms with Gasteiger partial charge in [-0.3, -0.25) is 28.9 Å². The van der Waals surface area contributed by atoms with Gasteiger partial charge >= 0.3 is 0 Å². The number of fused-ring (bicyclic) bond motifs is 3. The molecule has 224 valence electrons. The highest BCUT2D eigenvalue weighted by molar-refractivity contribution is 6.32. The van der Waals surface area contributed by atoms with Gasteiger partial charge in [0, 0.05) is 32.2 Å². The predicted octanol–water partition coefficient (Wildman–Crippen LogP) is 0.411. The Balaban J connectivity index is 1.82. The monoisotopic (exact) mass is 570 g/mol. The van der Waals surface area contributed by atoms with Crippen LogP contribution in [0.3, 0.4) is 0 Å². The second-order valence-electron chi connectivity index (χ2n) is 12.9. The number of carbonyl (C=O) groups is 5. The molecule has 1 aromatic carbocycles. The molecule has 0 bridgehead atoms. The molecule has 2 unspecified atom stereocenters. The molecule has 3 aliphatic rings. The highest BCUT2D eigenvalue weighted by Crippen LogP contribution is 2.52. The molecule has 4 rings (SSSR count). The van der Waals surface area contributed by atoms with Crippen molar-refractivity contribution >= 4 is 34.7 Å². The van der Waals surface area contributed by atoms with E-state index >= 15 is 0 Å². The average Bonchev–Trinajstić information content (AvgIpc) is 2.84. The second kappa shape index (κ2) is 10.9. The average molecular weight is 571 g/mol. The lowest BCUT2D eigenvalue weighted by Gasteiger charge is -2.52. The molecule has 6 atom stereocenters. The highest BCUT2D eigenvalue weighted by Gasteiger charge is 2.69. The van der Waals surface area contributed by atoms with Crippen molar-refractivity contribution in [3.63, 3.8) is 0 Å². The van der Waals surface area contributed by atoms with Crippen molar-refractivity contribution in [2.45, 2.75) is 51.3 Å². The SMILES string of the molecule is CC(C)CCN(C)Cc1cc(O)c2c(c1N(C)C)C[C@H]1C[C@H]3[C@H](N(C)C)C(=O)C(C(N)=O)C(=O)[C@@]3(O)C(=O)C1C2=O. The van der Waals surface area contributed by atoms with Crippen molar-refractivity contribution in [1.82, 2.24) is 9.80 Å². The third-order valence-electron chi connectivity index (χ3n) is 9.09. The van der Waals surface area contributed by atoms with Crippen molar-refractivity contribution in [1.29, 1.82) is 0 Å². The number of phenols is 1. The lowest BCUT2D eigenvalue weighted by atomic mass is 9.52. The number of Topliss-reactive ketones (excluding diaryl/α,β-unsaturated/α-hetero) is 4. The van der Waals surface area contributed by atoms with E-state index in [2.05, 4.69) is 18.7 Å². The smallest absolute Gasteiger partial charge is 0.235 e. The molecule has 2 fully saturated rings. The second-order valence-corrected chi connectivity index (χ2v) is 12.9. The summed E-state index contributed by atoms with van der Waals surface area (Å²) in [4.78, 5) is 72.3. The van der Waals surface area contributed by atoms with Crippen LogP contribution >= 0.6 is 0 Å². The van der Waals surface area contributed by atoms with E-state index in [0.29, 0.717) is 18.0 Å². The van der Waals surface area contributed by atoms with Crippen LogP contribution in [0.5, 0.6) is 5.75 Å². The third kappa shape index (κ3) is 4.87. The summed E-state index contributed by atoms with van der Waals surface area (Å²) in [6, 6.07) is 0.429. The molecular weight excluding hydrogens is 528 g/mol.